The molecule has 0 aliphatic heterocycles. The van der Waals surface area contributed by atoms with Gasteiger partial charge in [0.05, 0.1) is 0 Å². The summed E-state index contributed by atoms with van der Waals surface area (Å²) in [5.74, 6) is 0.0490. The maximum Gasteiger partial charge on any atom is 0.253 e. The smallest absolute Gasteiger partial charge is 0.253 e. The summed E-state index contributed by atoms with van der Waals surface area (Å²) in [6.07, 6.45) is 0. The molecular formula is C20H19NO. The number of hydrogen-bond acceptors (Lipinski definition) is 1. The number of carbonyl (C=O) groups is 1. The van der Waals surface area contributed by atoms with E-state index in [0.29, 0.717) is 6.54 Å². The third-order valence-corrected chi connectivity index (χ3v) is 3.93. The molecule has 0 aliphatic rings. The van der Waals surface area contributed by atoms with Crippen LogP contribution in [0.5, 0.6) is 0 Å². The highest BCUT2D eigenvalue weighted by atomic mass is 16.2. The number of aryl methyl sites for hydroxylation is 1. The Morgan fingerprint density at radius 3 is 2.36 bits per heavy atom. The topological polar surface area (TPSA) is 20.3 Å². The summed E-state index contributed by atoms with van der Waals surface area (Å²) in [6, 6.07) is 22.2. The molecule has 1 amide bonds. The monoisotopic (exact) mass is 289 g/mol. The van der Waals surface area contributed by atoms with Gasteiger partial charge in [0.25, 0.3) is 5.91 Å². The van der Waals surface area contributed by atoms with Crippen molar-refractivity contribution >= 4 is 16.7 Å². The first-order valence-electron chi connectivity index (χ1n) is 7.44. The average Bonchev–Trinajstić information content (AvgIpc) is 2.55. The lowest BCUT2D eigenvalue weighted by Crippen LogP contribution is -2.26. The first kappa shape index (κ1) is 14.3. The third kappa shape index (κ3) is 2.86. The number of carbonyl (C=O) groups excluding carboxylic acids is 1. The predicted octanol–water partition coefficient (Wildman–Crippen LogP) is 4.42. The lowest BCUT2D eigenvalue weighted by Gasteiger charge is -2.18. The molecule has 110 valence electrons. The van der Waals surface area contributed by atoms with Gasteiger partial charge in [-0.15, -0.1) is 0 Å². The molecule has 0 saturated carbocycles. The van der Waals surface area contributed by atoms with Gasteiger partial charge < -0.3 is 4.90 Å². The maximum absolute atomic E-state index is 12.5. The molecule has 0 bridgehead atoms. The molecule has 3 aromatic rings. The molecule has 22 heavy (non-hydrogen) atoms. The van der Waals surface area contributed by atoms with Crippen molar-refractivity contribution in [2.45, 2.75) is 13.5 Å². The molecule has 0 aromatic heterocycles. The maximum atomic E-state index is 12.5. The fourth-order valence-corrected chi connectivity index (χ4v) is 2.67. The standard InChI is InChI=1S/C20H19NO/c1-15-10-12-17(13-11-15)20(22)21(2)14-18-8-5-7-16-6-3-4-9-19(16)18/h3-13H,14H2,1-2H3. The van der Waals surface area contributed by atoms with Crippen LogP contribution in [0.1, 0.15) is 21.5 Å². The van der Waals surface area contributed by atoms with Gasteiger partial charge in [0.2, 0.25) is 0 Å². The molecule has 0 aliphatic carbocycles. The van der Waals surface area contributed by atoms with Crippen LogP contribution in [-0.4, -0.2) is 17.9 Å². The van der Waals surface area contributed by atoms with E-state index in [1.165, 1.54) is 16.3 Å². The van der Waals surface area contributed by atoms with Gasteiger partial charge >= 0.3 is 0 Å². The van der Waals surface area contributed by atoms with Crippen LogP contribution in [0, 0.1) is 6.92 Å². The van der Waals surface area contributed by atoms with Gasteiger partial charge in [-0.2, -0.15) is 0 Å². The largest absolute Gasteiger partial charge is 0.337 e. The van der Waals surface area contributed by atoms with Crippen LogP contribution in [0.15, 0.2) is 66.7 Å². The van der Waals surface area contributed by atoms with Gasteiger partial charge in [-0.25, -0.2) is 0 Å². The number of fused-ring (bicyclic) bond motifs is 1. The molecule has 2 nitrogen and oxygen atoms in total. The van der Waals surface area contributed by atoms with Crippen molar-refractivity contribution in [3.05, 3.63) is 83.4 Å². The highest BCUT2D eigenvalue weighted by Gasteiger charge is 2.12. The van der Waals surface area contributed by atoms with Crippen LogP contribution in [0.4, 0.5) is 0 Å². The molecule has 0 radical (unpaired) electrons. The Morgan fingerprint density at radius 1 is 0.909 bits per heavy atom. The zero-order valence-electron chi connectivity index (χ0n) is 12.9. The minimum absolute atomic E-state index is 0.0490. The Labute approximate surface area is 131 Å². The van der Waals surface area contributed by atoms with E-state index in [-0.39, 0.29) is 5.91 Å². The molecule has 3 aromatic carbocycles. The quantitative estimate of drug-likeness (QED) is 0.699. The van der Waals surface area contributed by atoms with E-state index in [1.807, 2.05) is 56.4 Å². The minimum atomic E-state index is 0.0490. The highest BCUT2D eigenvalue weighted by Crippen LogP contribution is 2.20. The number of benzene rings is 3. The van der Waals surface area contributed by atoms with Crippen LogP contribution in [-0.2, 0) is 6.54 Å². The van der Waals surface area contributed by atoms with Gasteiger partial charge in [0.1, 0.15) is 0 Å². The van der Waals surface area contributed by atoms with Gasteiger partial charge in [-0.05, 0) is 35.4 Å². The van der Waals surface area contributed by atoms with E-state index in [9.17, 15) is 4.79 Å². The molecule has 3 rings (SSSR count). The second-order valence-electron chi connectivity index (χ2n) is 5.67. The predicted molar refractivity (Wildman–Crippen MR) is 90.9 cm³/mol. The van der Waals surface area contributed by atoms with E-state index in [1.54, 1.807) is 4.90 Å². The lowest BCUT2D eigenvalue weighted by atomic mass is 10.0. The fraction of sp³-hybridized carbons (Fsp3) is 0.150. The van der Waals surface area contributed by atoms with Crippen LogP contribution in [0.3, 0.4) is 0 Å². The van der Waals surface area contributed by atoms with E-state index >= 15 is 0 Å². The third-order valence-electron chi connectivity index (χ3n) is 3.93. The highest BCUT2D eigenvalue weighted by molar-refractivity contribution is 5.94. The van der Waals surface area contributed by atoms with Crippen molar-refractivity contribution in [2.75, 3.05) is 7.05 Å². The first-order chi connectivity index (χ1) is 10.6. The molecule has 2 heteroatoms. The normalized spacial score (nSPS) is 10.6. The molecule has 0 unspecified atom stereocenters. The van der Waals surface area contributed by atoms with Gasteiger partial charge in [0.15, 0.2) is 0 Å². The van der Waals surface area contributed by atoms with Gasteiger partial charge in [-0.1, -0.05) is 60.2 Å². The zero-order chi connectivity index (χ0) is 15.5. The second-order valence-corrected chi connectivity index (χ2v) is 5.67. The Morgan fingerprint density at radius 2 is 1.59 bits per heavy atom. The van der Waals surface area contributed by atoms with Crippen molar-refractivity contribution in [1.82, 2.24) is 4.90 Å². The summed E-state index contributed by atoms with van der Waals surface area (Å²) in [7, 11) is 1.85. The lowest BCUT2D eigenvalue weighted by molar-refractivity contribution is 0.0785. The van der Waals surface area contributed by atoms with Crippen LogP contribution < -0.4 is 0 Å². The Bertz CT molecular complexity index is 800. The fourth-order valence-electron chi connectivity index (χ4n) is 2.67. The Hall–Kier alpha value is -2.61. The van der Waals surface area contributed by atoms with Crippen molar-refractivity contribution in [1.29, 1.82) is 0 Å². The molecule has 0 atom stereocenters. The van der Waals surface area contributed by atoms with E-state index in [2.05, 4.69) is 24.3 Å². The molecule has 0 N–H and O–H groups in total. The summed E-state index contributed by atoms with van der Waals surface area (Å²) in [5.41, 5.74) is 3.06. The van der Waals surface area contributed by atoms with Crippen LogP contribution in [0.2, 0.25) is 0 Å². The number of nitrogens with zero attached hydrogens (tertiary/aromatic N) is 1. The van der Waals surface area contributed by atoms with E-state index in [0.717, 1.165) is 11.1 Å². The number of amides is 1. The SMILES string of the molecule is Cc1ccc(C(=O)N(C)Cc2cccc3ccccc23)cc1. The minimum Gasteiger partial charge on any atom is -0.337 e. The Kier molecular flexibility index (Phi) is 3.92. The summed E-state index contributed by atoms with van der Waals surface area (Å²) < 4.78 is 0. The number of hydrogen-bond donors (Lipinski definition) is 0. The van der Waals surface area contributed by atoms with E-state index in [4.69, 9.17) is 0 Å². The van der Waals surface area contributed by atoms with Gasteiger partial charge in [0, 0.05) is 19.2 Å². The first-order valence-corrected chi connectivity index (χ1v) is 7.44. The van der Waals surface area contributed by atoms with Crippen molar-refractivity contribution < 1.29 is 4.79 Å². The summed E-state index contributed by atoms with van der Waals surface area (Å²) in [4.78, 5) is 14.3. The van der Waals surface area contributed by atoms with Crippen LogP contribution >= 0.6 is 0 Å². The summed E-state index contributed by atoms with van der Waals surface area (Å²) in [6.45, 7) is 2.63. The van der Waals surface area contributed by atoms with E-state index < -0.39 is 0 Å². The Balaban J connectivity index is 1.85. The van der Waals surface area contributed by atoms with Crippen molar-refractivity contribution in [2.24, 2.45) is 0 Å². The average molecular weight is 289 g/mol. The molecular weight excluding hydrogens is 270 g/mol. The number of rotatable bonds is 3. The van der Waals surface area contributed by atoms with Crippen molar-refractivity contribution in [3.63, 3.8) is 0 Å². The summed E-state index contributed by atoms with van der Waals surface area (Å²) >= 11 is 0. The molecule has 0 heterocycles. The zero-order valence-corrected chi connectivity index (χ0v) is 12.9. The molecule has 0 spiro atoms. The second kappa shape index (κ2) is 6.02. The van der Waals surface area contributed by atoms with Gasteiger partial charge in [-0.3, -0.25) is 4.79 Å². The van der Waals surface area contributed by atoms with Crippen LogP contribution in [0.25, 0.3) is 10.8 Å². The molecule has 0 fully saturated rings. The molecule has 0 saturated heterocycles. The van der Waals surface area contributed by atoms with Crippen molar-refractivity contribution in [3.8, 4) is 0 Å². The summed E-state index contributed by atoms with van der Waals surface area (Å²) in [5, 5.41) is 2.41.